The van der Waals surface area contributed by atoms with E-state index in [0.29, 0.717) is 5.13 Å². The first-order chi connectivity index (χ1) is 11.1. The van der Waals surface area contributed by atoms with Gasteiger partial charge in [-0.25, -0.2) is 4.98 Å². The molecule has 1 saturated carbocycles. The zero-order valence-electron chi connectivity index (χ0n) is 13.4. The Morgan fingerprint density at radius 3 is 2.61 bits per heavy atom. The predicted molar refractivity (Wildman–Crippen MR) is 97.7 cm³/mol. The lowest BCUT2D eigenvalue weighted by molar-refractivity contribution is -0.119. The molecule has 6 heteroatoms. The number of hydrogen-bond acceptors (Lipinski definition) is 5. The molecule has 23 heavy (non-hydrogen) atoms. The third-order valence-corrected chi connectivity index (χ3v) is 5.50. The number of rotatable bonds is 5. The minimum atomic E-state index is 0.126. The van der Waals surface area contributed by atoms with Gasteiger partial charge in [0.1, 0.15) is 0 Å². The summed E-state index contributed by atoms with van der Waals surface area (Å²) in [7, 11) is 4.05. The molecule has 1 heterocycles. The van der Waals surface area contributed by atoms with Crippen molar-refractivity contribution in [1.82, 2.24) is 9.29 Å². The molecule has 0 aliphatic heterocycles. The van der Waals surface area contributed by atoms with Gasteiger partial charge in [0.15, 0.2) is 5.13 Å². The van der Waals surface area contributed by atoms with Gasteiger partial charge in [-0.3, -0.25) is 9.10 Å². The first kappa shape index (κ1) is 16.5. The molecule has 0 atom stereocenters. The van der Waals surface area contributed by atoms with Crippen LogP contribution in [0.15, 0.2) is 34.5 Å². The summed E-state index contributed by atoms with van der Waals surface area (Å²) in [6, 6.07) is 8.33. The second kappa shape index (κ2) is 7.47. The number of anilines is 1. The lowest BCUT2D eigenvalue weighted by atomic mass is 10.1. The quantitative estimate of drug-likeness (QED) is 0.809. The number of thiazole rings is 1. The molecular formula is C17H21N3OS2. The van der Waals surface area contributed by atoms with Crippen LogP contribution in [0.3, 0.4) is 0 Å². The van der Waals surface area contributed by atoms with E-state index in [2.05, 4.69) is 38.9 Å². The SMILES string of the molecule is CN(C)Sc1ccc(-c2csc(NC(=O)C3CCCC3)n2)cc1. The minimum absolute atomic E-state index is 0.126. The highest BCUT2D eigenvalue weighted by Crippen LogP contribution is 2.30. The van der Waals surface area contributed by atoms with Crippen molar-refractivity contribution in [2.75, 3.05) is 19.4 Å². The summed E-state index contributed by atoms with van der Waals surface area (Å²) in [6.07, 6.45) is 4.35. The smallest absolute Gasteiger partial charge is 0.229 e. The van der Waals surface area contributed by atoms with Gasteiger partial charge in [-0.05, 0) is 51.0 Å². The maximum absolute atomic E-state index is 12.2. The van der Waals surface area contributed by atoms with Gasteiger partial charge in [-0.2, -0.15) is 0 Å². The van der Waals surface area contributed by atoms with Crippen LogP contribution in [-0.4, -0.2) is 29.3 Å². The van der Waals surface area contributed by atoms with Crippen LogP contribution in [0.2, 0.25) is 0 Å². The van der Waals surface area contributed by atoms with E-state index in [4.69, 9.17) is 0 Å². The Morgan fingerprint density at radius 2 is 1.96 bits per heavy atom. The van der Waals surface area contributed by atoms with Gasteiger partial charge < -0.3 is 5.32 Å². The fraction of sp³-hybridized carbons (Fsp3) is 0.412. The fourth-order valence-electron chi connectivity index (χ4n) is 2.76. The molecule has 1 fully saturated rings. The highest BCUT2D eigenvalue weighted by Gasteiger charge is 2.23. The average Bonchev–Trinajstić information content (AvgIpc) is 3.18. The van der Waals surface area contributed by atoms with E-state index >= 15 is 0 Å². The maximum Gasteiger partial charge on any atom is 0.229 e. The van der Waals surface area contributed by atoms with Crippen LogP contribution in [0.5, 0.6) is 0 Å². The second-order valence-corrected chi connectivity index (χ2v) is 8.18. The third kappa shape index (κ3) is 4.34. The molecule has 0 radical (unpaired) electrons. The van der Waals surface area contributed by atoms with Gasteiger partial charge in [-0.15, -0.1) is 11.3 Å². The molecule has 0 spiro atoms. The van der Waals surface area contributed by atoms with E-state index in [1.54, 1.807) is 11.9 Å². The Labute approximate surface area is 145 Å². The summed E-state index contributed by atoms with van der Waals surface area (Å²) in [5.74, 6) is 0.297. The summed E-state index contributed by atoms with van der Waals surface area (Å²) in [5.41, 5.74) is 1.99. The van der Waals surface area contributed by atoms with Crippen LogP contribution < -0.4 is 5.32 Å². The van der Waals surface area contributed by atoms with E-state index in [-0.39, 0.29) is 11.8 Å². The Morgan fingerprint density at radius 1 is 1.26 bits per heavy atom. The topological polar surface area (TPSA) is 45.2 Å². The number of amides is 1. The number of benzene rings is 1. The molecule has 1 aliphatic rings. The molecule has 2 aromatic rings. The average molecular weight is 348 g/mol. The van der Waals surface area contributed by atoms with Crippen molar-refractivity contribution in [3.8, 4) is 11.3 Å². The van der Waals surface area contributed by atoms with Crippen molar-refractivity contribution in [3.05, 3.63) is 29.6 Å². The third-order valence-electron chi connectivity index (χ3n) is 3.90. The molecule has 0 saturated heterocycles. The van der Waals surface area contributed by atoms with Crippen LogP contribution in [0, 0.1) is 5.92 Å². The molecule has 4 nitrogen and oxygen atoms in total. The molecule has 1 aromatic heterocycles. The Kier molecular flexibility index (Phi) is 5.35. The first-order valence-electron chi connectivity index (χ1n) is 7.84. The van der Waals surface area contributed by atoms with E-state index in [1.165, 1.54) is 29.1 Å². The number of nitrogens with one attached hydrogen (secondary N) is 1. The Hall–Kier alpha value is -1.37. The number of nitrogens with zero attached hydrogens (tertiary/aromatic N) is 2. The van der Waals surface area contributed by atoms with Crippen molar-refractivity contribution in [2.24, 2.45) is 5.92 Å². The zero-order valence-corrected chi connectivity index (χ0v) is 15.0. The van der Waals surface area contributed by atoms with Crippen LogP contribution in [-0.2, 0) is 4.79 Å². The molecule has 3 rings (SSSR count). The molecule has 1 aromatic carbocycles. The van der Waals surface area contributed by atoms with Crippen molar-refractivity contribution < 1.29 is 4.79 Å². The van der Waals surface area contributed by atoms with Crippen molar-refractivity contribution in [2.45, 2.75) is 30.6 Å². The molecule has 122 valence electrons. The molecule has 0 bridgehead atoms. The predicted octanol–water partition coefficient (Wildman–Crippen LogP) is 4.51. The normalized spacial score (nSPS) is 15.3. The van der Waals surface area contributed by atoms with Crippen LogP contribution in [0.4, 0.5) is 5.13 Å². The van der Waals surface area contributed by atoms with Crippen LogP contribution in [0.1, 0.15) is 25.7 Å². The van der Waals surface area contributed by atoms with Crippen LogP contribution >= 0.6 is 23.3 Å². The highest BCUT2D eigenvalue weighted by molar-refractivity contribution is 7.97. The van der Waals surface area contributed by atoms with Crippen molar-refractivity contribution >= 4 is 34.3 Å². The van der Waals surface area contributed by atoms with Gasteiger partial charge in [0.05, 0.1) is 5.69 Å². The van der Waals surface area contributed by atoms with Crippen LogP contribution in [0.25, 0.3) is 11.3 Å². The first-order valence-corrected chi connectivity index (χ1v) is 9.49. The van der Waals surface area contributed by atoms with Gasteiger partial charge in [-0.1, -0.05) is 25.0 Å². The fourth-order valence-corrected chi connectivity index (χ4v) is 4.16. The molecule has 0 unspecified atom stereocenters. The van der Waals surface area contributed by atoms with Crippen molar-refractivity contribution in [1.29, 1.82) is 0 Å². The zero-order chi connectivity index (χ0) is 16.2. The maximum atomic E-state index is 12.2. The standard InChI is InChI=1S/C17H21N3OS2/c1-20(2)23-14-9-7-12(8-10-14)15-11-22-17(18-15)19-16(21)13-5-3-4-6-13/h7-11,13H,3-6H2,1-2H3,(H,18,19,21). The van der Waals surface area contributed by atoms with Gasteiger partial charge in [0.2, 0.25) is 5.91 Å². The minimum Gasteiger partial charge on any atom is -0.302 e. The van der Waals surface area contributed by atoms with Crippen molar-refractivity contribution in [3.63, 3.8) is 0 Å². The lowest BCUT2D eigenvalue weighted by Gasteiger charge is -2.08. The monoisotopic (exact) mass is 347 g/mol. The Bertz CT molecular complexity index is 661. The second-order valence-electron chi connectivity index (χ2n) is 5.94. The molecule has 1 N–H and O–H groups in total. The molecule has 1 aliphatic carbocycles. The number of carbonyl (C=O) groups is 1. The number of aromatic nitrogens is 1. The molecule has 1 amide bonds. The number of carbonyl (C=O) groups excluding carboxylic acids is 1. The largest absolute Gasteiger partial charge is 0.302 e. The molecular weight excluding hydrogens is 326 g/mol. The summed E-state index contributed by atoms with van der Waals surface area (Å²) >= 11 is 3.18. The van der Waals surface area contributed by atoms with E-state index in [1.807, 2.05) is 19.5 Å². The summed E-state index contributed by atoms with van der Waals surface area (Å²) < 4.78 is 2.06. The Balaban J connectivity index is 1.65. The summed E-state index contributed by atoms with van der Waals surface area (Å²) in [6.45, 7) is 0. The van der Waals surface area contributed by atoms with Gasteiger partial charge >= 0.3 is 0 Å². The summed E-state index contributed by atoms with van der Waals surface area (Å²) in [4.78, 5) is 17.9. The number of hydrogen-bond donors (Lipinski definition) is 1. The summed E-state index contributed by atoms with van der Waals surface area (Å²) in [5, 5.41) is 5.67. The lowest BCUT2D eigenvalue weighted by Crippen LogP contribution is -2.20. The van der Waals surface area contributed by atoms with E-state index < -0.39 is 0 Å². The van der Waals surface area contributed by atoms with Gasteiger partial charge in [0.25, 0.3) is 0 Å². The van der Waals surface area contributed by atoms with E-state index in [9.17, 15) is 4.79 Å². The van der Waals surface area contributed by atoms with Gasteiger partial charge in [0, 0.05) is 21.8 Å². The highest BCUT2D eigenvalue weighted by atomic mass is 32.2. The van der Waals surface area contributed by atoms with E-state index in [0.717, 1.165) is 24.1 Å².